The fourth-order valence-electron chi connectivity index (χ4n) is 4.78. The zero-order valence-corrected chi connectivity index (χ0v) is 11.3. The average Bonchev–Trinajstić information content (AvgIpc) is 2.26. The summed E-state index contributed by atoms with van der Waals surface area (Å²) in [7, 11) is 0. The molecule has 4 aliphatic rings. The van der Waals surface area contributed by atoms with E-state index in [1.807, 2.05) is 6.92 Å². The Kier molecular flexibility index (Phi) is 3.22. The molecule has 4 aliphatic carbocycles. The summed E-state index contributed by atoms with van der Waals surface area (Å²) in [6.07, 6.45) is 8.25. The Morgan fingerprint density at radius 2 is 1.78 bits per heavy atom. The third-order valence-electron chi connectivity index (χ3n) is 4.96. The molecular weight excluding hydrogens is 226 g/mol. The number of aliphatic imine (C=N–C) groups is 1. The van der Waals surface area contributed by atoms with Gasteiger partial charge in [-0.15, -0.1) is 0 Å². The molecule has 0 aromatic rings. The van der Waals surface area contributed by atoms with Crippen LogP contribution in [0.3, 0.4) is 0 Å². The van der Waals surface area contributed by atoms with E-state index in [1.165, 1.54) is 38.5 Å². The van der Waals surface area contributed by atoms with Crippen molar-refractivity contribution in [2.24, 2.45) is 28.5 Å². The molecule has 0 aromatic heterocycles. The molecule has 0 unspecified atom stereocenters. The molecule has 18 heavy (non-hydrogen) atoms. The van der Waals surface area contributed by atoms with Crippen molar-refractivity contribution < 1.29 is 4.74 Å². The van der Waals surface area contributed by atoms with Gasteiger partial charge in [0.05, 0.1) is 0 Å². The molecule has 0 amide bonds. The molecular formula is C14H25N3O. The molecule has 0 atom stereocenters. The molecule has 3 N–H and O–H groups in total. The van der Waals surface area contributed by atoms with Crippen LogP contribution in [-0.4, -0.2) is 24.8 Å². The third kappa shape index (κ3) is 2.35. The predicted molar refractivity (Wildman–Crippen MR) is 72.2 cm³/mol. The van der Waals surface area contributed by atoms with Crippen molar-refractivity contribution in [1.82, 2.24) is 5.32 Å². The molecule has 4 heteroatoms. The maximum absolute atomic E-state index is 5.99. The molecule has 0 heterocycles. The van der Waals surface area contributed by atoms with Gasteiger partial charge in [0.25, 0.3) is 0 Å². The second-order valence-corrected chi connectivity index (χ2v) is 6.49. The Balaban J connectivity index is 1.63. The molecule has 4 saturated carbocycles. The molecule has 4 nitrogen and oxygen atoms in total. The number of ether oxygens (including phenoxy) is 1. The van der Waals surface area contributed by atoms with Crippen LogP contribution in [0.2, 0.25) is 0 Å². The summed E-state index contributed by atoms with van der Waals surface area (Å²) < 4.78 is 5.22. The number of rotatable bonds is 4. The Bertz CT molecular complexity index is 305. The smallest absolute Gasteiger partial charge is 0.191 e. The number of hydrogen-bond donors (Lipinski definition) is 2. The molecule has 0 radical (unpaired) electrons. The van der Waals surface area contributed by atoms with Crippen LogP contribution < -0.4 is 11.1 Å². The fraction of sp³-hybridized carbons (Fsp3) is 0.929. The molecule has 0 spiro atoms. The van der Waals surface area contributed by atoms with Crippen LogP contribution in [0.4, 0.5) is 0 Å². The van der Waals surface area contributed by atoms with E-state index in [1.54, 1.807) is 0 Å². The molecule has 4 bridgehead atoms. The van der Waals surface area contributed by atoms with Crippen LogP contribution in [0.1, 0.15) is 45.4 Å². The summed E-state index contributed by atoms with van der Waals surface area (Å²) >= 11 is 0. The summed E-state index contributed by atoms with van der Waals surface area (Å²) in [5.41, 5.74) is 6.25. The van der Waals surface area contributed by atoms with Gasteiger partial charge in [-0.1, -0.05) is 0 Å². The van der Waals surface area contributed by atoms with Crippen molar-refractivity contribution in [2.75, 3.05) is 13.3 Å². The maximum atomic E-state index is 5.99. The van der Waals surface area contributed by atoms with Crippen molar-refractivity contribution in [1.29, 1.82) is 0 Å². The second kappa shape index (κ2) is 4.72. The van der Waals surface area contributed by atoms with Gasteiger partial charge in [-0.3, -0.25) is 0 Å². The number of nitrogens with zero attached hydrogens (tertiary/aromatic N) is 1. The van der Waals surface area contributed by atoms with Gasteiger partial charge >= 0.3 is 0 Å². The first kappa shape index (κ1) is 12.3. The maximum Gasteiger partial charge on any atom is 0.191 e. The van der Waals surface area contributed by atoms with Crippen LogP contribution in [0, 0.1) is 17.8 Å². The van der Waals surface area contributed by atoms with Gasteiger partial charge in [-0.25, -0.2) is 4.99 Å². The summed E-state index contributed by atoms with van der Waals surface area (Å²) in [5, 5.41) is 3.53. The highest BCUT2D eigenvalue weighted by Crippen LogP contribution is 2.55. The zero-order valence-electron chi connectivity index (χ0n) is 11.3. The average molecular weight is 251 g/mol. The standard InChI is InChI=1S/C14H25N3O/c1-2-18-9-16-13(15)17-14-6-10-3-11(7-14)5-12(4-10)8-14/h10-12H,2-9H2,1H3,(H3,15,16,17). The topological polar surface area (TPSA) is 59.6 Å². The Hall–Kier alpha value is -0.770. The van der Waals surface area contributed by atoms with Crippen LogP contribution >= 0.6 is 0 Å². The SMILES string of the molecule is CCOC/N=C(\N)NC12CC3CC(CC(C3)C1)C2. The Labute approximate surface area is 109 Å². The minimum atomic E-state index is 0.258. The van der Waals surface area contributed by atoms with Crippen LogP contribution in [0.25, 0.3) is 0 Å². The Morgan fingerprint density at radius 3 is 2.28 bits per heavy atom. The van der Waals surface area contributed by atoms with Gasteiger partial charge in [-0.05, 0) is 63.2 Å². The van der Waals surface area contributed by atoms with E-state index in [0.717, 1.165) is 17.8 Å². The fourth-order valence-corrected chi connectivity index (χ4v) is 4.78. The van der Waals surface area contributed by atoms with Crippen molar-refractivity contribution >= 4 is 5.96 Å². The molecule has 0 aliphatic heterocycles. The highest BCUT2D eigenvalue weighted by atomic mass is 16.5. The molecule has 102 valence electrons. The minimum absolute atomic E-state index is 0.258. The summed E-state index contributed by atoms with van der Waals surface area (Å²) in [6, 6.07) is 0. The van der Waals surface area contributed by atoms with Crippen molar-refractivity contribution in [3.8, 4) is 0 Å². The lowest BCUT2D eigenvalue weighted by molar-refractivity contribution is -0.0103. The van der Waals surface area contributed by atoms with Crippen LogP contribution in [-0.2, 0) is 4.74 Å². The van der Waals surface area contributed by atoms with E-state index < -0.39 is 0 Å². The van der Waals surface area contributed by atoms with Gasteiger partial charge < -0.3 is 15.8 Å². The number of nitrogens with one attached hydrogen (secondary N) is 1. The summed E-state index contributed by atoms with van der Waals surface area (Å²) in [5.74, 6) is 3.38. The monoisotopic (exact) mass is 251 g/mol. The van der Waals surface area contributed by atoms with E-state index in [2.05, 4.69) is 10.3 Å². The van der Waals surface area contributed by atoms with E-state index in [0.29, 0.717) is 19.3 Å². The number of nitrogens with two attached hydrogens (primary N) is 1. The quantitative estimate of drug-likeness (QED) is 0.455. The summed E-state index contributed by atoms with van der Waals surface area (Å²) in [6.45, 7) is 3.04. The van der Waals surface area contributed by atoms with Crippen LogP contribution in [0.15, 0.2) is 4.99 Å². The van der Waals surface area contributed by atoms with E-state index >= 15 is 0 Å². The van der Waals surface area contributed by atoms with Crippen molar-refractivity contribution in [3.05, 3.63) is 0 Å². The van der Waals surface area contributed by atoms with Crippen molar-refractivity contribution in [2.45, 2.75) is 51.0 Å². The second-order valence-electron chi connectivity index (χ2n) is 6.49. The van der Waals surface area contributed by atoms with Crippen LogP contribution in [0.5, 0.6) is 0 Å². The van der Waals surface area contributed by atoms with E-state index in [-0.39, 0.29) is 5.54 Å². The minimum Gasteiger partial charge on any atom is -0.370 e. The first-order valence-electron chi connectivity index (χ1n) is 7.35. The number of hydrogen-bond acceptors (Lipinski definition) is 2. The largest absolute Gasteiger partial charge is 0.370 e. The zero-order chi connectivity index (χ0) is 12.6. The lowest BCUT2D eigenvalue weighted by Crippen LogP contribution is -2.61. The summed E-state index contributed by atoms with van der Waals surface area (Å²) in [4.78, 5) is 4.25. The number of guanidine groups is 1. The van der Waals surface area contributed by atoms with E-state index in [9.17, 15) is 0 Å². The third-order valence-corrected chi connectivity index (χ3v) is 4.96. The molecule has 4 rings (SSSR count). The van der Waals surface area contributed by atoms with Gasteiger partial charge in [0.1, 0.15) is 6.73 Å². The molecule has 0 aromatic carbocycles. The van der Waals surface area contributed by atoms with Gasteiger partial charge in [0.15, 0.2) is 5.96 Å². The van der Waals surface area contributed by atoms with Gasteiger partial charge in [0.2, 0.25) is 0 Å². The first-order chi connectivity index (χ1) is 8.69. The van der Waals surface area contributed by atoms with Crippen molar-refractivity contribution in [3.63, 3.8) is 0 Å². The predicted octanol–water partition coefficient (Wildman–Crippen LogP) is 1.85. The highest BCUT2D eigenvalue weighted by molar-refractivity contribution is 5.78. The van der Waals surface area contributed by atoms with Gasteiger partial charge in [-0.2, -0.15) is 0 Å². The van der Waals surface area contributed by atoms with E-state index in [4.69, 9.17) is 10.5 Å². The highest BCUT2D eigenvalue weighted by Gasteiger charge is 2.51. The lowest BCUT2D eigenvalue weighted by atomic mass is 9.53. The van der Waals surface area contributed by atoms with Gasteiger partial charge in [0, 0.05) is 12.1 Å². The lowest BCUT2D eigenvalue weighted by Gasteiger charge is -2.57. The first-order valence-corrected chi connectivity index (χ1v) is 7.35. The Morgan fingerprint density at radius 1 is 1.22 bits per heavy atom. The normalized spacial score (nSPS) is 42.3. The molecule has 0 saturated heterocycles. The molecule has 4 fully saturated rings.